The topological polar surface area (TPSA) is 63.8 Å². The van der Waals surface area contributed by atoms with Crippen molar-refractivity contribution in [3.63, 3.8) is 0 Å². The number of nitrogens with zero attached hydrogens (tertiary/aromatic N) is 3. The summed E-state index contributed by atoms with van der Waals surface area (Å²) in [7, 11) is 0. The molecule has 3 rings (SSSR count). The van der Waals surface area contributed by atoms with Crippen molar-refractivity contribution >= 4 is 0 Å². The van der Waals surface area contributed by atoms with Crippen LogP contribution in [-0.4, -0.2) is 15.2 Å². The van der Waals surface area contributed by atoms with Crippen molar-refractivity contribution in [2.45, 2.75) is 20.0 Å². The quantitative estimate of drug-likeness (QED) is 0.778. The molecule has 0 bridgehead atoms. The first-order chi connectivity index (χ1) is 10.3. The van der Waals surface area contributed by atoms with E-state index >= 15 is 0 Å². The summed E-state index contributed by atoms with van der Waals surface area (Å²) in [6.45, 7) is 3.29. The standard InChI is InChI=1S/C16H16N4O/c1-12-4-2-6-14(8-12)16-20-19-15(21-16)11-18-10-13-5-3-7-17-9-13/h2-9,18H,10-11H2,1H3. The third kappa shape index (κ3) is 3.52. The van der Waals surface area contributed by atoms with Gasteiger partial charge in [0.15, 0.2) is 0 Å². The summed E-state index contributed by atoms with van der Waals surface area (Å²) in [6, 6.07) is 11.9. The van der Waals surface area contributed by atoms with Crippen molar-refractivity contribution in [2.75, 3.05) is 0 Å². The van der Waals surface area contributed by atoms with Gasteiger partial charge < -0.3 is 9.73 Å². The van der Waals surface area contributed by atoms with Crippen LogP contribution in [-0.2, 0) is 13.1 Å². The van der Waals surface area contributed by atoms with Gasteiger partial charge in [0.1, 0.15) is 0 Å². The summed E-state index contributed by atoms with van der Waals surface area (Å²) in [5.74, 6) is 1.13. The molecule has 0 aliphatic heterocycles. The molecule has 3 aromatic rings. The van der Waals surface area contributed by atoms with Crippen molar-refractivity contribution < 1.29 is 4.42 Å². The fourth-order valence-electron chi connectivity index (χ4n) is 2.04. The molecule has 0 unspecified atom stereocenters. The number of rotatable bonds is 5. The molecule has 0 aliphatic rings. The number of aromatic nitrogens is 3. The van der Waals surface area contributed by atoms with Crippen molar-refractivity contribution in [3.05, 3.63) is 65.8 Å². The molecular weight excluding hydrogens is 264 g/mol. The molecule has 1 N–H and O–H groups in total. The zero-order chi connectivity index (χ0) is 14.5. The Morgan fingerprint density at radius 2 is 2.05 bits per heavy atom. The van der Waals surface area contributed by atoms with Gasteiger partial charge in [-0.05, 0) is 30.7 Å². The molecule has 106 valence electrons. The molecule has 2 heterocycles. The van der Waals surface area contributed by atoms with Crippen molar-refractivity contribution in [2.24, 2.45) is 0 Å². The number of hydrogen-bond donors (Lipinski definition) is 1. The van der Waals surface area contributed by atoms with E-state index in [1.165, 1.54) is 5.56 Å². The minimum absolute atomic E-state index is 0.535. The first-order valence-electron chi connectivity index (χ1n) is 6.80. The van der Waals surface area contributed by atoms with E-state index in [2.05, 4.69) is 20.5 Å². The van der Waals surface area contributed by atoms with Crippen LogP contribution < -0.4 is 5.32 Å². The third-order valence-corrected chi connectivity index (χ3v) is 3.06. The fourth-order valence-corrected chi connectivity index (χ4v) is 2.04. The first kappa shape index (κ1) is 13.5. The van der Waals surface area contributed by atoms with Gasteiger partial charge in [0.25, 0.3) is 0 Å². The number of nitrogens with one attached hydrogen (secondary N) is 1. The molecule has 2 aromatic heterocycles. The van der Waals surface area contributed by atoms with E-state index in [1.54, 1.807) is 6.20 Å². The highest BCUT2D eigenvalue weighted by molar-refractivity contribution is 5.53. The van der Waals surface area contributed by atoms with E-state index in [4.69, 9.17) is 4.42 Å². The maximum atomic E-state index is 5.66. The van der Waals surface area contributed by atoms with Crippen molar-refractivity contribution in [1.29, 1.82) is 0 Å². The van der Waals surface area contributed by atoms with Gasteiger partial charge in [-0.1, -0.05) is 23.8 Å². The van der Waals surface area contributed by atoms with E-state index < -0.39 is 0 Å². The molecule has 5 nitrogen and oxygen atoms in total. The number of benzene rings is 1. The van der Waals surface area contributed by atoms with E-state index in [-0.39, 0.29) is 0 Å². The second-order valence-corrected chi connectivity index (χ2v) is 4.84. The van der Waals surface area contributed by atoms with Crippen LogP contribution in [0, 0.1) is 6.92 Å². The van der Waals surface area contributed by atoms with Crippen LogP contribution in [0.5, 0.6) is 0 Å². The lowest BCUT2D eigenvalue weighted by Crippen LogP contribution is -2.12. The van der Waals surface area contributed by atoms with E-state index in [9.17, 15) is 0 Å². The molecule has 0 aliphatic carbocycles. The Labute approximate surface area is 123 Å². The van der Waals surface area contributed by atoms with Crippen LogP contribution >= 0.6 is 0 Å². The first-order valence-corrected chi connectivity index (χ1v) is 6.80. The fraction of sp³-hybridized carbons (Fsp3) is 0.188. The molecule has 21 heavy (non-hydrogen) atoms. The van der Waals surface area contributed by atoms with Crippen LogP contribution in [0.15, 0.2) is 53.2 Å². The average molecular weight is 280 g/mol. The van der Waals surface area contributed by atoms with Crippen molar-refractivity contribution in [1.82, 2.24) is 20.5 Å². The Hall–Kier alpha value is -2.53. The Morgan fingerprint density at radius 3 is 2.86 bits per heavy atom. The molecular formula is C16H16N4O. The predicted molar refractivity (Wildman–Crippen MR) is 79.3 cm³/mol. The van der Waals surface area contributed by atoms with E-state index in [0.29, 0.717) is 18.3 Å². The lowest BCUT2D eigenvalue weighted by molar-refractivity contribution is 0.477. The SMILES string of the molecule is Cc1cccc(-c2nnc(CNCc3cccnc3)o2)c1. The highest BCUT2D eigenvalue weighted by atomic mass is 16.4. The van der Waals surface area contributed by atoms with Crippen LogP contribution in [0.25, 0.3) is 11.5 Å². The zero-order valence-electron chi connectivity index (χ0n) is 11.8. The average Bonchev–Trinajstić information content (AvgIpc) is 2.97. The summed E-state index contributed by atoms with van der Waals surface area (Å²) in [6.07, 6.45) is 3.59. The summed E-state index contributed by atoms with van der Waals surface area (Å²) in [5, 5.41) is 11.4. The second kappa shape index (κ2) is 6.28. The number of hydrogen-bond acceptors (Lipinski definition) is 5. The summed E-state index contributed by atoms with van der Waals surface area (Å²) < 4.78 is 5.66. The van der Waals surface area contributed by atoms with E-state index in [0.717, 1.165) is 17.7 Å². The number of aryl methyl sites for hydroxylation is 1. The monoisotopic (exact) mass is 280 g/mol. The molecule has 0 fully saturated rings. The third-order valence-electron chi connectivity index (χ3n) is 3.06. The Kier molecular flexibility index (Phi) is 4.02. The minimum Gasteiger partial charge on any atom is -0.419 e. The van der Waals surface area contributed by atoms with E-state index in [1.807, 2.05) is 49.5 Å². The van der Waals surface area contributed by atoms with Gasteiger partial charge >= 0.3 is 0 Å². The summed E-state index contributed by atoms with van der Waals surface area (Å²) in [5.41, 5.74) is 3.24. The maximum Gasteiger partial charge on any atom is 0.247 e. The zero-order valence-corrected chi connectivity index (χ0v) is 11.8. The van der Waals surface area contributed by atoms with Gasteiger partial charge in [-0.25, -0.2) is 0 Å². The largest absolute Gasteiger partial charge is 0.419 e. The van der Waals surface area contributed by atoms with Crippen LogP contribution in [0.4, 0.5) is 0 Å². The summed E-state index contributed by atoms with van der Waals surface area (Å²) in [4.78, 5) is 4.07. The predicted octanol–water partition coefficient (Wildman–Crippen LogP) is 2.73. The molecule has 5 heteroatoms. The normalized spacial score (nSPS) is 10.7. The molecule has 0 saturated carbocycles. The highest BCUT2D eigenvalue weighted by Crippen LogP contribution is 2.18. The molecule has 1 aromatic carbocycles. The lowest BCUT2D eigenvalue weighted by atomic mass is 10.1. The number of pyridine rings is 1. The summed E-state index contributed by atoms with van der Waals surface area (Å²) >= 11 is 0. The van der Waals surface area contributed by atoms with Gasteiger partial charge in [0.05, 0.1) is 6.54 Å². The molecule has 0 radical (unpaired) electrons. The highest BCUT2D eigenvalue weighted by Gasteiger charge is 2.08. The Morgan fingerprint density at radius 1 is 1.10 bits per heavy atom. The Balaban J connectivity index is 1.60. The van der Waals surface area contributed by atoms with Crippen molar-refractivity contribution in [3.8, 4) is 11.5 Å². The molecule has 0 spiro atoms. The second-order valence-electron chi connectivity index (χ2n) is 4.84. The van der Waals surface area contributed by atoms with Gasteiger partial charge in [-0.15, -0.1) is 10.2 Å². The Bertz CT molecular complexity index is 709. The molecule has 0 amide bonds. The van der Waals surface area contributed by atoms with Gasteiger partial charge in [-0.3, -0.25) is 4.98 Å². The van der Waals surface area contributed by atoms with Gasteiger partial charge in [0.2, 0.25) is 11.8 Å². The maximum absolute atomic E-state index is 5.66. The van der Waals surface area contributed by atoms with Gasteiger partial charge in [-0.2, -0.15) is 0 Å². The molecule has 0 atom stereocenters. The molecule has 0 saturated heterocycles. The van der Waals surface area contributed by atoms with Crippen LogP contribution in [0.1, 0.15) is 17.0 Å². The van der Waals surface area contributed by atoms with Crippen LogP contribution in [0.3, 0.4) is 0 Å². The smallest absolute Gasteiger partial charge is 0.247 e. The van der Waals surface area contributed by atoms with Gasteiger partial charge in [0, 0.05) is 24.5 Å². The minimum atomic E-state index is 0.535. The lowest BCUT2D eigenvalue weighted by Gasteiger charge is -2.01. The van der Waals surface area contributed by atoms with Crippen LogP contribution in [0.2, 0.25) is 0 Å².